The third-order valence-electron chi connectivity index (χ3n) is 2.76. The standard InChI is InChI=1S/C14H26N4O2/c1-13(2,3)11(9-8-10(15)18(7)17-9)16-12(19)20-14(4,5)6/h8,11H,15H2,1-7H3,(H,16,19). The van der Waals surface area contributed by atoms with Gasteiger partial charge in [0.25, 0.3) is 0 Å². The van der Waals surface area contributed by atoms with Crippen LogP contribution in [-0.2, 0) is 11.8 Å². The molecule has 0 aliphatic carbocycles. The van der Waals surface area contributed by atoms with Gasteiger partial charge in [0.1, 0.15) is 11.4 Å². The lowest BCUT2D eigenvalue weighted by atomic mass is 9.85. The van der Waals surface area contributed by atoms with Crippen molar-refractivity contribution in [3.05, 3.63) is 11.8 Å². The first-order chi connectivity index (χ1) is 8.90. The number of hydrogen-bond acceptors (Lipinski definition) is 4. The van der Waals surface area contributed by atoms with E-state index in [2.05, 4.69) is 10.4 Å². The Balaban J connectivity index is 2.95. The Morgan fingerprint density at radius 1 is 1.35 bits per heavy atom. The number of carbonyl (C=O) groups excluding carboxylic acids is 1. The Morgan fingerprint density at radius 3 is 2.25 bits per heavy atom. The lowest BCUT2D eigenvalue weighted by Crippen LogP contribution is -2.40. The second kappa shape index (κ2) is 5.34. The molecule has 3 N–H and O–H groups in total. The third-order valence-corrected chi connectivity index (χ3v) is 2.76. The van der Waals surface area contributed by atoms with E-state index in [4.69, 9.17) is 10.5 Å². The number of nitrogens with one attached hydrogen (secondary N) is 1. The zero-order chi connectivity index (χ0) is 15.7. The van der Waals surface area contributed by atoms with Gasteiger partial charge in [-0.1, -0.05) is 20.8 Å². The molecular formula is C14H26N4O2. The molecule has 0 saturated carbocycles. The van der Waals surface area contributed by atoms with Gasteiger partial charge in [-0.3, -0.25) is 4.68 Å². The van der Waals surface area contributed by atoms with E-state index in [-0.39, 0.29) is 11.5 Å². The summed E-state index contributed by atoms with van der Waals surface area (Å²) < 4.78 is 6.89. The average Bonchev–Trinajstić information content (AvgIpc) is 2.51. The minimum atomic E-state index is -0.532. The van der Waals surface area contributed by atoms with Gasteiger partial charge >= 0.3 is 6.09 Å². The molecule has 1 atom stereocenters. The van der Waals surface area contributed by atoms with E-state index in [9.17, 15) is 4.79 Å². The minimum Gasteiger partial charge on any atom is -0.444 e. The van der Waals surface area contributed by atoms with Crippen molar-refractivity contribution in [2.75, 3.05) is 5.73 Å². The van der Waals surface area contributed by atoms with Crippen LogP contribution < -0.4 is 11.1 Å². The zero-order valence-electron chi connectivity index (χ0n) is 13.4. The van der Waals surface area contributed by atoms with E-state index in [1.54, 1.807) is 17.8 Å². The lowest BCUT2D eigenvalue weighted by molar-refractivity contribution is 0.0460. The summed E-state index contributed by atoms with van der Waals surface area (Å²) in [5.41, 5.74) is 5.79. The van der Waals surface area contributed by atoms with Gasteiger partial charge in [-0.25, -0.2) is 4.79 Å². The van der Waals surface area contributed by atoms with Crippen LogP contribution >= 0.6 is 0 Å². The molecule has 6 nitrogen and oxygen atoms in total. The summed E-state index contributed by atoms with van der Waals surface area (Å²) in [5, 5.41) is 7.23. The highest BCUT2D eigenvalue weighted by molar-refractivity contribution is 5.68. The van der Waals surface area contributed by atoms with Crippen molar-refractivity contribution in [2.45, 2.75) is 53.2 Å². The Hall–Kier alpha value is -1.72. The van der Waals surface area contributed by atoms with Crippen LogP contribution in [0.5, 0.6) is 0 Å². The lowest BCUT2D eigenvalue weighted by Gasteiger charge is -2.31. The molecule has 0 saturated heterocycles. The molecule has 20 heavy (non-hydrogen) atoms. The Morgan fingerprint density at radius 2 is 1.90 bits per heavy atom. The number of amides is 1. The number of alkyl carbamates (subject to hydrolysis) is 1. The molecule has 1 rings (SSSR count). The fraction of sp³-hybridized carbons (Fsp3) is 0.714. The molecule has 1 unspecified atom stereocenters. The topological polar surface area (TPSA) is 82.2 Å². The fourth-order valence-electron chi connectivity index (χ4n) is 1.81. The Kier molecular flexibility index (Phi) is 4.36. The van der Waals surface area contributed by atoms with Crippen LogP contribution in [0.3, 0.4) is 0 Å². The molecule has 0 radical (unpaired) electrons. The number of nitrogens with zero attached hydrogens (tertiary/aromatic N) is 2. The van der Waals surface area contributed by atoms with E-state index >= 15 is 0 Å². The van der Waals surface area contributed by atoms with Crippen molar-refractivity contribution in [3.8, 4) is 0 Å². The van der Waals surface area contributed by atoms with Crippen molar-refractivity contribution in [1.29, 1.82) is 0 Å². The normalized spacial score (nSPS) is 13.9. The van der Waals surface area contributed by atoms with E-state index in [1.165, 1.54) is 0 Å². The molecule has 114 valence electrons. The monoisotopic (exact) mass is 282 g/mol. The predicted molar refractivity (Wildman–Crippen MR) is 79.2 cm³/mol. The summed E-state index contributed by atoms with van der Waals surface area (Å²) >= 11 is 0. The number of aromatic nitrogens is 2. The van der Waals surface area contributed by atoms with Crippen LogP contribution in [0.1, 0.15) is 53.3 Å². The SMILES string of the molecule is Cn1nc(C(NC(=O)OC(C)(C)C)C(C)(C)C)cc1N. The molecule has 1 heterocycles. The fourth-order valence-corrected chi connectivity index (χ4v) is 1.81. The number of nitrogens with two attached hydrogens (primary N) is 1. The van der Waals surface area contributed by atoms with Crippen LogP contribution in [0.4, 0.5) is 10.6 Å². The highest BCUT2D eigenvalue weighted by atomic mass is 16.6. The van der Waals surface area contributed by atoms with Crippen LogP contribution in [-0.4, -0.2) is 21.5 Å². The number of nitrogen functional groups attached to an aromatic ring is 1. The van der Waals surface area contributed by atoms with Crippen LogP contribution in [0, 0.1) is 5.41 Å². The molecule has 0 aliphatic heterocycles. The second-order valence-electron chi connectivity index (χ2n) is 7.06. The molecule has 1 amide bonds. The van der Waals surface area contributed by atoms with Gasteiger partial charge in [0.05, 0.1) is 11.7 Å². The van der Waals surface area contributed by atoms with Gasteiger partial charge in [0.2, 0.25) is 0 Å². The van der Waals surface area contributed by atoms with Crippen molar-refractivity contribution < 1.29 is 9.53 Å². The van der Waals surface area contributed by atoms with Gasteiger partial charge in [0, 0.05) is 13.1 Å². The number of aryl methyl sites for hydroxylation is 1. The average molecular weight is 282 g/mol. The van der Waals surface area contributed by atoms with Gasteiger partial charge in [0.15, 0.2) is 0 Å². The van der Waals surface area contributed by atoms with Gasteiger partial charge in [-0.2, -0.15) is 5.10 Å². The van der Waals surface area contributed by atoms with Gasteiger partial charge in [-0.15, -0.1) is 0 Å². The first kappa shape index (κ1) is 16.3. The highest BCUT2D eigenvalue weighted by Crippen LogP contribution is 2.32. The smallest absolute Gasteiger partial charge is 0.408 e. The quantitative estimate of drug-likeness (QED) is 0.873. The van der Waals surface area contributed by atoms with E-state index in [0.717, 1.165) is 5.69 Å². The maximum atomic E-state index is 12.0. The number of carbonyl (C=O) groups is 1. The van der Waals surface area contributed by atoms with Gasteiger partial charge in [-0.05, 0) is 26.2 Å². The summed E-state index contributed by atoms with van der Waals surface area (Å²) in [7, 11) is 1.77. The summed E-state index contributed by atoms with van der Waals surface area (Å²) in [6.07, 6.45) is -0.457. The summed E-state index contributed by atoms with van der Waals surface area (Å²) in [6.45, 7) is 11.6. The number of rotatable bonds is 2. The third kappa shape index (κ3) is 4.43. The first-order valence-corrected chi connectivity index (χ1v) is 6.69. The summed E-state index contributed by atoms with van der Waals surface area (Å²) in [4.78, 5) is 12.0. The molecule has 0 aliphatic rings. The number of anilines is 1. The first-order valence-electron chi connectivity index (χ1n) is 6.69. The number of hydrogen-bond donors (Lipinski definition) is 2. The molecule has 0 aromatic carbocycles. The van der Waals surface area contributed by atoms with Crippen LogP contribution in [0.25, 0.3) is 0 Å². The largest absolute Gasteiger partial charge is 0.444 e. The molecular weight excluding hydrogens is 256 g/mol. The van der Waals surface area contributed by atoms with E-state index < -0.39 is 11.7 Å². The van der Waals surface area contributed by atoms with Crippen molar-refractivity contribution in [1.82, 2.24) is 15.1 Å². The van der Waals surface area contributed by atoms with Crippen LogP contribution in [0.2, 0.25) is 0 Å². The number of ether oxygens (including phenoxy) is 1. The molecule has 0 fully saturated rings. The minimum absolute atomic E-state index is 0.211. The highest BCUT2D eigenvalue weighted by Gasteiger charge is 2.31. The van der Waals surface area contributed by atoms with E-state index in [1.807, 2.05) is 41.5 Å². The molecule has 1 aromatic heterocycles. The van der Waals surface area contributed by atoms with Crippen molar-refractivity contribution in [3.63, 3.8) is 0 Å². The van der Waals surface area contributed by atoms with Crippen molar-refractivity contribution in [2.24, 2.45) is 12.5 Å². The van der Waals surface area contributed by atoms with Gasteiger partial charge < -0.3 is 15.8 Å². The second-order valence-corrected chi connectivity index (χ2v) is 7.06. The maximum absolute atomic E-state index is 12.0. The Bertz CT molecular complexity index is 461. The molecule has 6 heteroatoms. The van der Waals surface area contributed by atoms with E-state index in [0.29, 0.717) is 5.82 Å². The van der Waals surface area contributed by atoms with Crippen LogP contribution in [0.15, 0.2) is 6.07 Å². The van der Waals surface area contributed by atoms with Crippen molar-refractivity contribution >= 4 is 11.9 Å². The Labute approximate surface area is 120 Å². The zero-order valence-corrected chi connectivity index (χ0v) is 13.4. The molecule has 1 aromatic rings. The maximum Gasteiger partial charge on any atom is 0.408 e. The summed E-state index contributed by atoms with van der Waals surface area (Å²) in [6, 6.07) is 1.49. The predicted octanol–water partition coefficient (Wildman–Crippen LogP) is 2.61. The molecule has 0 spiro atoms. The summed E-state index contributed by atoms with van der Waals surface area (Å²) in [5.74, 6) is 0.556. The molecule has 0 bridgehead atoms.